The second-order valence-electron chi connectivity index (χ2n) is 4.81. The van der Waals surface area contributed by atoms with Crippen molar-refractivity contribution >= 4 is 5.97 Å². The number of carboxylic acid groups (broad SMARTS) is 1. The molecule has 1 fully saturated rings. The van der Waals surface area contributed by atoms with Crippen LogP contribution in [0, 0.1) is 13.8 Å². The minimum Gasteiger partial charge on any atom is -0.496 e. The highest BCUT2D eigenvalue weighted by Gasteiger charge is 2.32. The Morgan fingerprint density at radius 3 is 2.58 bits per heavy atom. The number of rotatable bonds is 3. The molecule has 0 spiro atoms. The molecule has 1 saturated heterocycles. The van der Waals surface area contributed by atoms with Gasteiger partial charge >= 0.3 is 5.97 Å². The zero-order valence-corrected chi connectivity index (χ0v) is 11.5. The van der Waals surface area contributed by atoms with E-state index in [0.717, 1.165) is 29.0 Å². The number of carbonyl (C=O) groups is 1. The van der Waals surface area contributed by atoms with Crippen LogP contribution in [-0.2, 0) is 4.79 Å². The van der Waals surface area contributed by atoms with Crippen LogP contribution in [0.3, 0.4) is 0 Å². The first-order valence-corrected chi connectivity index (χ1v) is 6.40. The number of hydrogen-bond donors (Lipinski definition) is 3. The van der Waals surface area contributed by atoms with Gasteiger partial charge in [-0.25, -0.2) is 0 Å². The average molecular weight is 264 g/mol. The highest BCUT2D eigenvalue weighted by atomic mass is 16.5. The van der Waals surface area contributed by atoms with Gasteiger partial charge in [-0.15, -0.1) is 0 Å². The van der Waals surface area contributed by atoms with E-state index >= 15 is 0 Å². The van der Waals surface area contributed by atoms with Crippen LogP contribution in [0.2, 0.25) is 0 Å². The first-order valence-electron chi connectivity index (χ1n) is 6.40. The van der Waals surface area contributed by atoms with Gasteiger partial charge in [0.2, 0.25) is 0 Å². The summed E-state index contributed by atoms with van der Waals surface area (Å²) in [6.45, 7) is 5.42. The molecule has 2 atom stereocenters. The number of methoxy groups -OCH3 is 1. The molecule has 2 unspecified atom stereocenters. The molecular formula is C14H20N2O3. The van der Waals surface area contributed by atoms with E-state index in [-0.39, 0.29) is 6.04 Å². The Hall–Kier alpha value is -1.59. The normalized spacial score (nSPS) is 23.1. The van der Waals surface area contributed by atoms with E-state index in [4.69, 9.17) is 4.74 Å². The summed E-state index contributed by atoms with van der Waals surface area (Å²) in [6.07, 6.45) is 0. The highest BCUT2D eigenvalue weighted by Crippen LogP contribution is 2.30. The van der Waals surface area contributed by atoms with Gasteiger partial charge in [0.15, 0.2) is 0 Å². The molecule has 0 saturated carbocycles. The van der Waals surface area contributed by atoms with Crippen LogP contribution in [0.25, 0.3) is 0 Å². The molecule has 104 valence electrons. The maximum absolute atomic E-state index is 11.3. The molecule has 0 aromatic heterocycles. The molecule has 19 heavy (non-hydrogen) atoms. The predicted octanol–water partition coefficient (Wildman–Crippen LogP) is 0.999. The lowest BCUT2D eigenvalue weighted by Crippen LogP contribution is -2.54. The molecule has 2 rings (SSSR count). The number of hydrogen-bond acceptors (Lipinski definition) is 4. The number of aliphatic carboxylic acids is 1. The summed E-state index contributed by atoms with van der Waals surface area (Å²) in [5.41, 5.74) is 3.14. The summed E-state index contributed by atoms with van der Waals surface area (Å²) in [5.74, 6) is 0.00182. The van der Waals surface area contributed by atoms with E-state index in [2.05, 4.69) is 10.6 Å². The summed E-state index contributed by atoms with van der Waals surface area (Å²) in [7, 11) is 1.64. The molecule has 5 nitrogen and oxygen atoms in total. The Balaban J connectivity index is 2.39. The van der Waals surface area contributed by atoms with Crippen LogP contribution in [-0.4, -0.2) is 37.3 Å². The number of ether oxygens (including phenoxy) is 1. The van der Waals surface area contributed by atoms with Crippen LogP contribution in [0.4, 0.5) is 0 Å². The van der Waals surface area contributed by atoms with Crippen molar-refractivity contribution in [2.24, 2.45) is 0 Å². The van der Waals surface area contributed by atoms with Crippen molar-refractivity contribution in [2.45, 2.75) is 25.9 Å². The molecule has 1 heterocycles. The second-order valence-corrected chi connectivity index (χ2v) is 4.81. The molecule has 0 aliphatic carbocycles. The first kappa shape index (κ1) is 13.8. The number of piperazine rings is 1. The lowest BCUT2D eigenvalue weighted by molar-refractivity contribution is -0.140. The maximum atomic E-state index is 11.3. The summed E-state index contributed by atoms with van der Waals surface area (Å²) in [6, 6.07) is 3.03. The van der Waals surface area contributed by atoms with Gasteiger partial charge in [-0.3, -0.25) is 4.79 Å². The van der Waals surface area contributed by atoms with E-state index in [1.165, 1.54) is 0 Å². The third-order valence-electron chi connectivity index (χ3n) is 3.79. The van der Waals surface area contributed by atoms with E-state index in [9.17, 15) is 9.90 Å². The second kappa shape index (κ2) is 5.59. The SMILES string of the molecule is COc1ccc(C2NCCNC2C(=O)O)c(C)c1C. The number of carboxylic acids is 1. The quantitative estimate of drug-likeness (QED) is 0.760. The zero-order valence-electron chi connectivity index (χ0n) is 11.5. The molecular weight excluding hydrogens is 244 g/mol. The van der Waals surface area contributed by atoms with E-state index in [1.807, 2.05) is 26.0 Å². The molecule has 5 heteroatoms. The molecule has 0 bridgehead atoms. The van der Waals surface area contributed by atoms with Gasteiger partial charge in [-0.1, -0.05) is 6.07 Å². The van der Waals surface area contributed by atoms with Crippen molar-refractivity contribution in [2.75, 3.05) is 20.2 Å². The minimum atomic E-state index is -0.829. The lowest BCUT2D eigenvalue weighted by atomic mass is 9.91. The largest absolute Gasteiger partial charge is 0.496 e. The maximum Gasteiger partial charge on any atom is 0.322 e. The van der Waals surface area contributed by atoms with Crippen LogP contribution in [0.5, 0.6) is 5.75 Å². The third-order valence-corrected chi connectivity index (χ3v) is 3.79. The Labute approximate surface area is 113 Å². The third kappa shape index (κ3) is 2.57. The van der Waals surface area contributed by atoms with Crippen molar-refractivity contribution in [1.82, 2.24) is 10.6 Å². The van der Waals surface area contributed by atoms with E-state index in [0.29, 0.717) is 6.54 Å². The zero-order chi connectivity index (χ0) is 14.0. The molecule has 0 amide bonds. The summed E-state index contributed by atoms with van der Waals surface area (Å²) < 4.78 is 5.29. The molecule has 1 aliphatic heterocycles. The molecule has 1 aliphatic rings. The standard InChI is InChI=1S/C14H20N2O3/c1-8-9(2)11(19-3)5-4-10(8)12-13(14(17)18)16-7-6-15-12/h4-5,12-13,15-16H,6-7H2,1-3H3,(H,17,18). The fourth-order valence-corrected chi connectivity index (χ4v) is 2.59. The monoisotopic (exact) mass is 264 g/mol. The van der Waals surface area contributed by atoms with Gasteiger partial charge in [0.05, 0.1) is 13.2 Å². The van der Waals surface area contributed by atoms with Gasteiger partial charge in [0, 0.05) is 13.1 Å². The predicted molar refractivity (Wildman–Crippen MR) is 72.6 cm³/mol. The van der Waals surface area contributed by atoms with Crippen molar-refractivity contribution < 1.29 is 14.6 Å². The Kier molecular flexibility index (Phi) is 4.07. The lowest BCUT2D eigenvalue weighted by Gasteiger charge is -2.32. The molecule has 1 aromatic rings. The molecule has 0 radical (unpaired) electrons. The van der Waals surface area contributed by atoms with Crippen molar-refractivity contribution in [3.8, 4) is 5.75 Å². The fraction of sp³-hybridized carbons (Fsp3) is 0.500. The van der Waals surface area contributed by atoms with Crippen molar-refractivity contribution in [3.63, 3.8) is 0 Å². The Morgan fingerprint density at radius 2 is 1.95 bits per heavy atom. The van der Waals surface area contributed by atoms with Crippen LogP contribution in [0.1, 0.15) is 22.7 Å². The van der Waals surface area contributed by atoms with E-state index in [1.54, 1.807) is 7.11 Å². The molecule has 3 N–H and O–H groups in total. The van der Waals surface area contributed by atoms with Crippen molar-refractivity contribution in [3.05, 3.63) is 28.8 Å². The number of nitrogens with one attached hydrogen (secondary N) is 2. The van der Waals surface area contributed by atoms with E-state index < -0.39 is 12.0 Å². The van der Waals surface area contributed by atoms with Gasteiger partial charge in [0.25, 0.3) is 0 Å². The van der Waals surface area contributed by atoms with Crippen LogP contribution >= 0.6 is 0 Å². The summed E-state index contributed by atoms with van der Waals surface area (Å²) >= 11 is 0. The average Bonchev–Trinajstić information content (AvgIpc) is 2.42. The van der Waals surface area contributed by atoms with Crippen LogP contribution in [0.15, 0.2) is 12.1 Å². The smallest absolute Gasteiger partial charge is 0.322 e. The highest BCUT2D eigenvalue weighted by molar-refractivity contribution is 5.75. The Bertz CT molecular complexity index is 488. The Morgan fingerprint density at radius 1 is 1.26 bits per heavy atom. The first-order chi connectivity index (χ1) is 9.06. The number of benzene rings is 1. The van der Waals surface area contributed by atoms with Gasteiger partial charge in [0.1, 0.15) is 11.8 Å². The van der Waals surface area contributed by atoms with Crippen LogP contribution < -0.4 is 15.4 Å². The van der Waals surface area contributed by atoms with Crippen molar-refractivity contribution in [1.29, 1.82) is 0 Å². The van der Waals surface area contributed by atoms with Gasteiger partial charge < -0.3 is 20.5 Å². The minimum absolute atomic E-state index is 0.212. The topological polar surface area (TPSA) is 70.6 Å². The van der Waals surface area contributed by atoms with Gasteiger partial charge in [-0.2, -0.15) is 0 Å². The van der Waals surface area contributed by atoms with Gasteiger partial charge in [-0.05, 0) is 36.6 Å². The summed E-state index contributed by atoms with van der Waals surface area (Å²) in [5, 5.41) is 15.6. The molecule has 1 aromatic carbocycles. The fourth-order valence-electron chi connectivity index (χ4n) is 2.59. The summed E-state index contributed by atoms with van der Waals surface area (Å²) in [4.78, 5) is 11.3.